The van der Waals surface area contributed by atoms with Gasteiger partial charge in [-0.15, -0.1) is 0 Å². The van der Waals surface area contributed by atoms with Crippen LogP contribution in [0.5, 0.6) is 0 Å². The monoisotopic (exact) mass is 357 g/mol. The van der Waals surface area contributed by atoms with Gasteiger partial charge in [0.05, 0.1) is 12.1 Å². The van der Waals surface area contributed by atoms with E-state index in [0.29, 0.717) is 16.7 Å². The third kappa shape index (κ3) is 4.73. The van der Waals surface area contributed by atoms with Crippen LogP contribution in [0.2, 0.25) is 5.02 Å². The number of ether oxygens (including phenoxy) is 1. The topological polar surface area (TPSA) is 55.4 Å². The van der Waals surface area contributed by atoms with E-state index in [9.17, 15) is 22.8 Å². The molecular weight excluding hydrogens is 347 g/mol. The number of amides is 1. The average Bonchev–Trinajstić information content (AvgIpc) is 2.56. The van der Waals surface area contributed by atoms with Crippen molar-refractivity contribution in [3.63, 3.8) is 0 Å². The second-order valence-electron chi connectivity index (χ2n) is 4.74. The quantitative estimate of drug-likeness (QED) is 0.658. The van der Waals surface area contributed by atoms with Crippen molar-refractivity contribution in [1.29, 1.82) is 0 Å². The number of benzene rings is 2. The summed E-state index contributed by atoms with van der Waals surface area (Å²) < 4.78 is 43.9. The Bertz CT molecular complexity index is 766. The molecule has 0 fully saturated rings. The minimum atomic E-state index is -1.70. The molecule has 0 bridgehead atoms. The van der Waals surface area contributed by atoms with Gasteiger partial charge in [0.15, 0.2) is 24.1 Å². The van der Waals surface area contributed by atoms with Crippen LogP contribution >= 0.6 is 11.6 Å². The molecule has 8 heteroatoms. The highest BCUT2D eigenvalue weighted by Crippen LogP contribution is 2.19. The largest absolute Gasteiger partial charge is 0.455 e. The summed E-state index contributed by atoms with van der Waals surface area (Å²) in [5.41, 5.74) is 0.0871. The van der Waals surface area contributed by atoms with Gasteiger partial charge in [-0.1, -0.05) is 23.7 Å². The number of hydrogen-bond donors (Lipinski definition) is 1. The molecule has 0 heterocycles. The summed E-state index contributed by atoms with van der Waals surface area (Å²) in [7, 11) is 0. The zero-order valence-electron chi connectivity index (χ0n) is 12.1. The Balaban J connectivity index is 1.86. The number of carbonyl (C=O) groups excluding carboxylic acids is 2. The molecule has 0 saturated heterocycles. The van der Waals surface area contributed by atoms with E-state index in [1.165, 1.54) is 0 Å². The molecule has 0 unspecified atom stereocenters. The van der Waals surface area contributed by atoms with Crippen molar-refractivity contribution in [2.24, 2.45) is 0 Å². The lowest BCUT2D eigenvalue weighted by Gasteiger charge is -2.08. The molecule has 0 aliphatic carbocycles. The first-order valence-corrected chi connectivity index (χ1v) is 7.08. The van der Waals surface area contributed by atoms with Crippen LogP contribution in [0.3, 0.4) is 0 Å². The lowest BCUT2D eigenvalue weighted by Crippen LogP contribution is -2.22. The lowest BCUT2D eigenvalue weighted by molar-refractivity contribution is -0.146. The van der Waals surface area contributed by atoms with Gasteiger partial charge in [-0.2, -0.15) is 0 Å². The Labute approximate surface area is 140 Å². The number of carbonyl (C=O) groups is 2. The number of hydrogen-bond acceptors (Lipinski definition) is 3. The van der Waals surface area contributed by atoms with Crippen molar-refractivity contribution in [1.82, 2.24) is 0 Å². The zero-order valence-corrected chi connectivity index (χ0v) is 12.9. The van der Waals surface area contributed by atoms with Crippen molar-refractivity contribution >= 4 is 29.2 Å². The summed E-state index contributed by atoms with van der Waals surface area (Å²) in [6.45, 7) is -0.690. The van der Waals surface area contributed by atoms with Gasteiger partial charge in [0, 0.05) is 5.02 Å². The van der Waals surface area contributed by atoms with Gasteiger partial charge in [-0.25, -0.2) is 13.2 Å². The van der Waals surface area contributed by atoms with E-state index >= 15 is 0 Å². The van der Waals surface area contributed by atoms with Crippen molar-refractivity contribution in [2.75, 3.05) is 11.9 Å². The summed E-state index contributed by atoms with van der Waals surface area (Å²) in [5.74, 6) is -6.18. The van der Waals surface area contributed by atoms with Gasteiger partial charge in [-0.05, 0) is 29.8 Å². The minimum Gasteiger partial charge on any atom is -0.455 e. The van der Waals surface area contributed by atoms with Crippen LogP contribution < -0.4 is 5.32 Å². The molecule has 126 valence electrons. The Kier molecular flexibility index (Phi) is 5.81. The van der Waals surface area contributed by atoms with E-state index in [2.05, 4.69) is 0 Å². The van der Waals surface area contributed by atoms with E-state index in [-0.39, 0.29) is 6.42 Å². The molecule has 0 aliphatic rings. The summed E-state index contributed by atoms with van der Waals surface area (Å²) in [6, 6.07) is 7.98. The Morgan fingerprint density at radius 3 is 2.33 bits per heavy atom. The van der Waals surface area contributed by atoms with Crippen molar-refractivity contribution in [2.45, 2.75) is 6.42 Å². The van der Waals surface area contributed by atoms with Crippen LogP contribution in [-0.4, -0.2) is 18.5 Å². The van der Waals surface area contributed by atoms with Gasteiger partial charge in [0.1, 0.15) is 0 Å². The molecule has 2 aromatic rings. The zero-order chi connectivity index (χ0) is 17.7. The Hall–Kier alpha value is -2.54. The predicted molar refractivity (Wildman–Crippen MR) is 81.1 cm³/mol. The molecule has 0 spiro atoms. The van der Waals surface area contributed by atoms with Gasteiger partial charge in [0.2, 0.25) is 0 Å². The van der Waals surface area contributed by atoms with Gasteiger partial charge < -0.3 is 10.1 Å². The third-order valence-electron chi connectivity index (χ3n) is 2.94. The second kappa shape index (κ2) is 7.83. The van der Waals surface area contributed by atoms with E-state index < -0.39 is 41.6 Å². The SMILES string of the molecule is O=C(COC(=O)Cc1ccc(Cl)cc1)Nc1ccc(F)c(F)c1F. The van der Waals surface area contributed by atoms with Crippen molar-refractivity contribution in [3.05, 3.63) is 64.4 Å². The highest BCUT2D eigenvalue weighted by Gasteiger charge is 2.16. The molecule has 1 amide bonds. The number of esters is 1. The average molecular weight is 358 g/mol. The maximum absolute atomic E-state index is 13.4. The second-order valence-corrected chi connectivity index (χ2v) is 5.17. The Morgan fingerprint density at radius 1 is 1.00 bits per heavy atom. The first kappa shape index (κ1) is 17.8. The van der Waals surface area contributed by atoms with Crippen LogP contribution in [0, 0.1) is 17.5 Å². The minimum absolute atomic E-state index is 0.0794. The standard InChI is InChI=1S/C16H11ClF3NO3/c17-10-3-1-9(2-4-10)7-14(23)24-8-13(22)21-12-6-5-11(18)15(19)16(12)20/h1-6H,7-8H2,(H,21,22). The van der Waals surface area contributed by atoms with Gasteiger partial charge in [0.25, 0.3) is 5.91 Å². The molecular formula is C16H11ClF3NO3. The van der Waals surface area contributed by atoms with Crippen LogP contribution in [0.25, 0.3) is 0 Å². The van der Waals surface area contributed by atoms with Gasteiger partial charge in [-0.3, -0.25) is 9.59 Å². The summed E-state index contributed by atoms with van der Waals surface area (Å²) in [6.07, 6.45) is -0.0794. The fourth-order valence-corrected chi connectivity index (χ4v) is 1.90. The molecule has 2 aromatic carbocycles. The number of rotatable bonds is 5. The molecule has 24 heavy (non-hydrogen) atoms. The van der Waals surface area contributed by atoms with Gasteiger partial charge >= 0.3 is 5.97 Å². The lowest BCUT2D eigenvalue weighted by atomic mass is 10.1. The third-order valence-corrected chi connectivity index (χ3v) is 3.19. The van der Waals surface area contributed by atoms with Crippen LogP contribution in [0.1, 0.15) is 5.56 Å². The molecule has 0 radical (unpaired) electrons. The molecule has 2 rings (SSSR count). The maximum Gasteiger partial charge on any atom is 0.310 e. The molecule has 0 aromatic heterocycles. The predicted octanol–water partition coefficient (Wildman–Crippen LogP) is 3.48. The fourth-order valence-electron chi connectivity index (χ4n) is 1.77. The fraction of sp³-hybridized carbons (Fsp3) is 0.125. The summed E-state index contributed by atoms with van der Waals surface area (Å²) in [5, 5.41) is 2.50. The molecule has 0 saturated carbocycles. The molecule has 0 atom stereocenters. The van der Waals surface area contributed by atoms with Crippen LogP contribution in [-0.2, 0) is 20.7 Å². The van der Waals surface area contributed by atoms with E-state index in [1.54, 1.807) is 24.3 Å². The first-order valence-electron chi connectivity index (χ1n) is 6.70. The number of halogens is 4. The van der Waals surface area contributed by atoms with Crippen molar-refractivity contribution < 1.29 is 27.5 Å². The van der Waals surface area contributed by atoms with Crippen LogP contribution in [0.15, 0.2) is 36.4 Å². The summed E-state index contributed by atoms with van der Waals surface area (Å²) in [4.78, 5) is 23.2. The molecule has 1 N–H and O–H groups in total. The van der Waals surface area contributed by atoms with E-state index in [1.807, 2.05) is 5.32 Å². The Morgan fingerprint density at radius 2 is 1.67 bits per heavy atom. The molecule has 4 nitrogen and oxygen atoms in total. The number of nitrogens with one attached hydrogen (secondary N) is 1. The highest BCUT2D eigenvalue weighted by atomic mass is 35.5. The molecule has 0 aliphatic heterocycles. The highest BCUT2D eigenvalue weighted by molar-refractivity contribution is 6.30. The first-order chi connectivity index (χ1) is 11.4. The smallest absolute Gasteiger partial charge is 0.310 e. The normalized spacial score (nSPS) is 10.3. The van der Waals surface area contributed by atoms with Crippen molar-refractivity contribution in [3.8, 4) is 0 Å². The number of anilines is 1. The van der Waals surface area contributed by atoms with E-state index in [4.69, 9.17) is 16.3 Å². The summed E-state index contributed by atoms with van der Waals surface area (Å²) >= 11 is 5.71. The van der Waals surface area contributed by atoms with Crippen LogP contribution in [0.4, 0.5) is 18.9 Å². The van der Waals surface area contributed by atoms with E-state index in [0.717, 1.165) is 6.07 Å². The maximum atomic E-state index is 13.4.